The summed E-state index contributed by atoms with van der Waals surface area (Å²) in [5.41, 5.74) is 6.74. The van der Waals surface area contributed by atoms with Crippen molar-refractivity contribution in [1.29, 1.82) is 0 Å². The lowest BCUT2D eigenvalue weighted by molar-refractivity contribution is 0.0267. The molecule has 0 radical (unpaired) electrons. The van der Waals surface area contributed by atoms with E-state index in [0.717, 1.165) is 12.8 Å². The van der Waals surface area contributed by atoms with Gasteiger partial charge in [-0.1, -0.05) is 0 Å². The molecule has 1 heterocycles. The molecule has 0 aromatic heterocycles. The van der Waals surface area contributed by atoms with E-state index in [4.69, 9.17) is 10.5 Å². The molecule has 1 rings (SSSR count). The van der Waals surface area contributed by atoms with Crippen molar-refractivity contribution >= 4 is 0 Å². The van der Waals surface area contributed by atoms with Crippen LogP contribution in [0.25, 0.3) is 0 Å². The molecule has 0 aromatic carbocycles. The molecule has 2 heteroatoms. The largest absolute Gasteiger partial charge is 0.494 e. The van der Waals surface area contributed by atoms with E-state index in [9.17, 15) is 0 Å². The Kier molecular flexibility index (Phi) is 2.00. The molecule has 10 heavy (non-hydrogen) atoms. The molecule has 1 unspecified atom stereocenters. The van der Waals surface area contributed by atoms with Gasteiger partial charge in [-0.3, -0.25) is 0 Å². The maximum atomic E-state index is 5.53. The van der Waals surface area contributed by atoms with Crippen molar-refractivity contribution in [3.05, 3.63) is 11.8 Å². The first-order valence-electron chi connectivity index (χ1n) is 3.70. The number of rotatable bonds is 1. The Balaban J connectivity index is 2.56. The average molecular weight is 141 g/mol. The van der Waals surface area contributed by atoms with Gasteiger partial charge in [0, 0.05) is 6.54 Å². The molecule has 0 bridgehead atoms. The number of ether oxygens (including phenoxy) is 1. The van der Waals surface area contributed by atoms with Crippen LogP contribution in [0.2, 0.25) is 0 Å². The minimum atomic E-state index is -0.0977. The van der Waals surface area contributed by atoms with Crippen molar-refractivity contribution in [2.75, 3.05) is 6.54 Å². The minimum Gasteiger partial charge on any atom is -0.494 e. The minimum absolute atomic E-state index is 0.0977. The zero-order valence-corrected chi connectivity index (χ0v) is 6.68. The quantitative estimate of drug-likeness (QED) is 0.599. The normalized spacial score (nSPS) is 32.9. The molecule has 1 atom stereocenters. The van der Waals surface area contributed by atoms with Crippen LogP contribution < -0.4 is 5.73 Å². The third-order valence-corrected chi connectivity index (χ3v) is 2.02. The van der Waals surface area contributed by atoms with Crippen molar-refractivity contribution in [2.24, 2.45) is 5.73 Å². The van der Waals surface area contributed by atoms with Crippen LogP contribution in [0.5, 0.6) is 0 Å². The van der Waals surface area contributed by atoms with Gasteiger partial charge in [0.05, 0.1) is 6.26 Å². The summed E-state index contributed by atoms with van der Waals surface area (Å²) in [6.45, 7) is 4.74. The Morgan fingerprint density at radius 3 is 2.90 bits per heavy atom. The fourth-order valence-corrected chi connectivity index (χ4v) is 0.972. The maximum Gasteiger partial charge on any atom is 0.118 e. The van der Waals surface area contributed by atoms with Gasteiger partial charge in [0.2, 0.25) is 0 Å². The summed E-state index contributed by atoms with van der Waals surface area (Å²) < 4.78 is 5.44. The van der Waals surface area contributed by atoms with E-state index in [0.29, 0.717) is 6.54 Å². The summed E-state index contributed by atoms with van der Waals surface area (Å²) >= 11 is 0. The first-order chi connectivity index (χ1) is 4.66. The zero-order valence-electron chi connectivity index (χ0n) is 6.68. The van der Waals surface area contributed by atoms with E-state index in [2.05, 4.69) is 13.8 Å². The summed E-state index contributed by atoms with van der Waals surface area (Å²) in [7, 11) is 0. The maximum absolute atomic E-state index is 5.53. The SMILES string of the molecule is CC1=COC(C)(CN)CC1. The molecule has 2 nitrogen and oxygen atoms in total. The summed E-state index contributed by atoms with van der Waals surface area (Å²) in [5.74, 6) is 0. The summed E-state index contributed by atoms with van der Waals surface area (Å²) in [5, 5.41) is 0. The fourth-order valence-electron chi connectivity index (χ4n) is 0.972. The van der Waals surface area contributed by atoms with Crippen LogP contribution in [-0.2, 0) is 4.74 Å². The highest BCUT2D eigenvalue weighted by Gasteiger charge is 2.25. The first kappa shape index (κ1) is 7.61. The monoisotopic (exact) mass is 141 g/mol. The second-order valence-electron chi connectivity index (χ2n) is 3.24. The lowest BCUT2D eigenvalue weighted by atomic mass is 9.95. The van der Waals surface area contributed by atoms with Gasteiger partial charge >= 0.3 is 0 Å². The van der Waals surface area contributed by atoms with Crippen LogP contribution in [0.15, 0.2) is 11.8 Å². The van der Waals surface area contributed by atoms with Crippen molar-refractivity contribution < 1.29 is 4.74 Å². The molecule has 2 N–H and O–H groups in total. The predicted molar refractivity (Wildman–Crippen MR) is 41.5 cm³/mol. The third kappa shape index (κ3) is 1.51. The van der Waals surface area contributed by atoms with Crippen molar-refractivity contribution in [2.45, 2.75) is 32.3 Å². The highest BCUT2D eigenvalue weighted by Crippen LogP contribution is 2.25. The Bertz CT molecular complexity index is 153. The van der Waals surface area contributed by atoms with E-state index < -0.39 is 0 Å². The number of hydrogen-bond acceptors (Lipinski definition) is 2. The molecule has 1 aliphatic rings. The van der Waals surface area contributed by atoms with Crippen LogP contribution in [0.4, 0.5) is 0 Å². The Morgan fingerprint density at radius 1 is 1.80 bits per heavy atom. The van der Waals surface area contributed by atoms with Gasteiger partial charge in [0.1, 0.15) is 5.60 Å². The van der Waals surface area contributed by atoms with Gasteiger partial charge in [0.15, 0.2) is 0 Å². The molecule has 58 valence electrons. The number of allylic oxidation sites excluding steroid dienone is 1. The molecule has 0 aromatic rings. The fraction of sp³-hybridized carbons (Fsp3) is 0.750. The topological polar surface area (TPSA) is 35.2 Å². The lowest BCUT2D eigenvalue weighted by Gasteiger charge is -2.31. The highest BCUT2D eigenvalue weighted by molar-refractivity contribution is 5.01. The van der Waals surface area contributed by atoms with Crippen molar-refractivity contribution in [3.8, 4) is 0 Å². The Labute approximate surface area is 62.1 Å². The molecular weight excluding hydrogens is 126 g/mol. The summed E-state index contributed by atoms with van der Waals surface area (Å²) in [6, 6.07) is 0. The number of nitrogens with two attached hydrogens (primary N) is 1. The lowest BCUT2D eigenvalue weighted by Crippen LogP contribution is -2.37. The van der Waals surface area contributed by atoms with Gasteiger partial charge in [-0.25, -0.2) is 0 Å². The van der Waals surface area contributed by atoms with Crippen LogP contribution in [0, 0.1) is 0 Å². The van der Waals surface area contributed by atoms with Gasteiger partial charge < -0.3 is 10.5 Å². The third-order valence-electron chi connectivity index (χ3n) is 2.02. The standard InChI is InChI=1S/C8H15NO/c1-7-3-4-8(2,6-9)10-5-7/h5H,3-4,6,9H2,1-2H3. The predicted octanol–water partition coefficient (Wildman–Crippen LogP) is 1.42. The summed E-state index contributed by atoms with van der Waals surface area (Å²) in [6.07, 6.45) is 4.00. The molecule has 1 aliphatic heterocycles. The van der Waals surface area contributed by atoms with Gasteiger partial charge in [-0.2, -0.15) is 0 Å². The zero-order chi connectivity index (χ0) is 7.61. The Morgan fingerprint density at radius 2 is 2.50 bits per heavy atom. The second kappa shape index (κ2) is 2.62. The van der Waals surface area contributed by atoms with E-state index in [1.807, 2.05) is 6.26 Å². The van der Waals surface area contributed by atoms with Crippen molar-refractivity contribution in [1.82, 2.24) is 0 Å². The molecule has 0 aliphatic carbocycles. The molecule has 0 amide bonds. The van der Waals surface area contributed by atoms with Crippen LogP contribution in [0.1, 0.15) is 26.7 Å². The van der Waals surface area contributed by atoms with E-state index >= 15 is 0 Å². The van der Waals surface area contributed by atoms with E-state index in [1.54, 1.807) is 0 Å². The summed E-state index contributed by atoms with van der Waals surface area (Å²) in [4.78, 5) is 0. The van der Waals surface area contributed by atoms with Gasteiger partial charge in [-0.15, -0.1) is 0 Å². The van der Waals surface area contributed by atoms with Crippen LogP contribution in [-0.4, -0.2) is 12.1 Å². The van der Waals surface area contributed by atoms with Crippen LogP contribution in [0.3, 0.4) is 0 Å². The van der Waals surface area contributed by atoms with Gasteiger partial charge in [0.25, 0.3) is 0 Å². The second-order valence-corrected chi connectivity index (χ2v) is 3.24. The van der Waals surface area contributed by atoms with Crippen LogP contribution >= 0.6 is 0 Å². The number of hydrogen-bond donors (Lipinski definition) is 1. The van der Waals surface area contributed by atoms with Crippen molar-refractivity contribution in [3.63, 3.8) is 0 Å². The smallest absolute Gasteiger partial charge is 0.118 e. The highest BCUT2D eigenvalue weighted by atomic mass is 16.5. The molecular formula is C8H15NO. The molecule has 0 saturated carbocycles. The average Bonchev–Trinajstić information content (AvgIpc) is 1.96. The molecule has 0 fully saturated rings. The Hall–Kier alpha value is -0.500. The van der Waals surface area contributed by atoms with E-state index in [-0.39, 0.29) is 5.60 Å². The molecule has 0 saturated heterocycles. The van der Waals surface area contributed by atoms with Gasteiger partial charge in [-0.05, 0) is 32.3 Å². The first-order valence-corrected chi connectivity index (χ1v) is 3.70. The molecule has 0 spiro atoms. The van der Waals surface area contributed by atoms with E-state index in [1.165, 1.54) is 5.57 Å².